The molecule has 2 heterocycles. The lowest BCUT2D eigenvalue weighted by atomic mass is 10.4. The zero-order chi connectivity index (χ0) is 13.0. The molecule has 0 saturated carbocycles. The SMILES string of the molecule is O=C1OCCN1/N=C/C=C/c1ccc([N+](=O)[O-])o1. The fraction of sp³-hybridized carbons (Fsp3) is 0.200. The van der Waals surface area contributed by atoms with Crippen LogP contribution < -0.4 is 0 Å². The highest BCUT2D eigenvalue weighted by molar-refractivity contribution is 5.79. The summed E-state index contributed by atoms with van der Waals surface area (Å²) >= 11 is 0. The third kappa shape index (κ3) is 2.73. The molecule has 1 aliphatic rings. The molecule has 1 aliphatic heterocycles. The van der Waals surface area contributed by atoms with Crippen molar-refractivity contribution in [1.82, 2.24) is 5.01 Å². The van der Waals surface area contributed by atoms with Crippen LogP contribution in [0.3, 0.4) is 0 Å². The summed E-state index contributed by atoms with van der Waals surface area (Å²) in [6.07, 6.45) is 3.89. The van der Waals surface area contributed by atoms with E-state index in [4.69, 9.17) is 4.42 Å². The van der Waals surface area contributed by atoms with Crippen LogP contribution >= 0.6 is 0 Å². The van der Waals surface area contributed by atoms with E-state index >= 15 is 0 Å². The van der Waals surface area contributed by atoms with Crippen LogP contribution in [0, 0.1) is 10.1 Å². The van der Waals surface area contributed by atoms with E-state index in [0.717, 1.165) is 0 Å². The number of hydrogen-bond donors (Lipinski definition) is 0. The summed E-state index contributed by atoms with van der Waals surface area (Å²) in [5, 5.41) is 15.4. The van der Waals surface area contributed by atoms with E-state index in [0.29, 0.717) is 18.9 Å². The van der Waals surface area contributed by atoms with Crippen molar-refractivity contribution >= 4 is 24.3 Å². The lowest BCUT2D eigenvalue weighted by molar-refractivity contribution is -0.402. The standard InChI is InChI=1S/C10H9N3O5/c14-10-12(6-7-17-10)11-5-1-2-8-3-4-9(18-8)13(15)16/h1-5H,6-7H2/b2-1+,11-5+. The number of amides is 1. The Balaban J connectivity index is 1.92. The van der Waals surface area contributed by atoms with E-state index in [1.54, 1.807) is 0 Å². The molecule has 18 heavy (non-hydrogen) atoms. The predicted octanol–water partition coefficient (Wildman–Crippen LogP) is 1.64. The van der Waals surface area contributed by atoms with Crippen molar-refractivity contribution in [2.75, 3.05) is 13.2 Å². The van der Waals surface area contributed by atoms with Crippen LogP contribution in [0.2, 0.25) is 0 Å². The van der Waals surface area contributed by atoms with Crippen LogP contribution in [0.4, 0.5) is 10.7 Å². The van der Waals surface area contributed by atoms with Gasteiger partial charge >= 0.3 is 12.0 Å². The Kier molecular flexibility index (Phi) is 3.37. The molecule has 0 bridgehead atoms. The van der Waals surface area contributed by atoms with Gasteiger partial charge in [-0.2, -0.15) is 10.1 Å². The molecule has 0 spiro atoms. The van der Waals surface area contributed by atoms with E-state index in [1.165, 1.54) is 35.5 Å². The van der Waals surface area contributed by atoms with Gasteiger partial charge in [0.25, 0.3) is 0 Å². The zero-order valence-electron chi connectivity index (χ0n) is 9.18. The van der Waals surface area contributed by atoms with E-state index in [2.05, 4.69) is 9.84 Å². The third-order valence-corrected chi connectivity index (χ3v) is 2.08. The fourth-order valence-electron chi connectivity index (χ4n) is 1.28. The van der Waals surface area contributed by atoms with Gasteiger partial charge in [0.2, 0.25) is 0 Å². The summed E-state index contributed by atoms with van der Waals surface area (Å²) in [5.41, 5.74) is 0. The Labute approximate surface area is 101 Å². The summed E-state index contributed by atoms with van der Waals surface area (Å²) in [6.45, 7) is 0.736. The highest BCUT2D eigenvalue weighted by Crippen LogP contribution is 2.16. The fourth-order valence-corrected chi connectivity index (χ4v) is 1.28. The molecule has 2 rings (SSSR count). The Morgan fingerprint density at radius 2 is 2.33 bits per heavy atom. The van der Waals surface area contributed by atoms with E-state index in [1.807, 2.05) is 0 Å². The van der Waals surface area contributed by atoms with Crippen LogP contribution in [0.15, 0.2) is 27.7 Å². The molecule has 8 heteroatoms. The molecule has 0 radical (unpaired) electrons. The van der Waals surface area contributed by atoms with Crippen LogP contribution in [-0.2, 0) is 4.74 Å². The lowest BCUT2D eigenvalue weighted by Crippen LogP contribution is -2.17. The molecule has 8 nitrogen and oxygen atoms in total. The van der Waals surface area contributed by atoms with E-state index in [-0.39, 0.29) is 5.88 Å². The number of furan rings is 1. The highest BCUT2D eigenvalue weighted by atomic mass is 16.6. The predicted molar refractivity (Wildman–Crippen MR) is 60.9 cm³/mol. The van der Waals surface area contributed by atoms with E-state index in [9.17, 15) is 14.9 Å². The third-order valence-electron chi connectivity index (χ3n) is 2.08. The van der Waals surface area contributed by atoms with Gasteiger partial charge in [-0.3, -0.25) is 10.1 Å². The van der Waals surface area contributed by atoms with Gasteiger partial charge in [0.15, 0.2) is 0 Å². The van der Waals surface area contributed by atoms with Gasteiger partial charge in [0.1, 0.15) is 17.3 Å². The van der Waals surface area contributed by atoms with Crippen molar-refractivity contribution < 1.29 is 18.9 Å². The highest BCUT2D eigenvalue weighted by Gasteiger charge is 2.20. The number of carbonyl (C=O) groups excluding carboxylic acids is 1. The molecule has 1 aromatic rings. The van der Waals surface area contributed by atoms with Gasteiger partial charge < -0.3 is 9.15 Å². The average molecular weight is 251 g/mol. The molecular weight excluding hydrogens is 242 g/mol. The van der Waals surface area contributed by atoms with Crippen molar-refractivity contribution in [3.05, 3.63) is 34.1 Å². The first-order chi connectivity index (χ1) is 8.66. The Morgan fingerprint density at radius 3 is 2.94 bits per heavy atom. The van der Waals surface area contributed by atoms with Crippen molar-refractivity contribution in [3.63, 3.8) is 0 Å². The molecule has 0 aromatic carbocycles. The second-order valence-corrected chi connectivity index (χ2v) is 3.29. The monoisotopic (exact) mass is 251 g/mol. The minimum atomic E-state index is -0.619. The number of nitro groups is 1. The topological polar surface area (TPSA) is 98.2 Å². The number of carbonyl (C=O) groups is 1. The molecule has 1 fully saturated rings. The Hall–Kier alpha value is -2.64. The van der Waals surface area contributed by atoms with Gasteiger partial charge in [-0.15, -0.1) is 0 Å². The molecule has 0 atom stereocenters. The number of allylic oxidation sites excluding steroid dienone is 1. The maximum atomic E-state index is 11.0. The minimum Gasteiger partial charge on any atom is -0.446 e. The van der Waals surface area contributed by atoms with Crippen molar-refractivity contribution in [2.45, 2.75) is 0 Å². The molecule has 0 N–H and O–H groups in total. The van der Waals surface area contributed by atoms with Crippen LogP contribution in [0.1, 0.15) is 5.76 Å². The quantitative estimate of drug-likeness (QED) is 0.460. The van der Waals surface area contributed by atoms with Crippen molar-refractivity contribution in [2.24, 2.45) is 5.10 Å². The molecular formula is C10H9N3O5. The summed E-state index contributed by atoms with van der Waals surface area (Å²) in [7, 11) is 0. The average Bonchev–Trinajstić information content (AvgIpc) is 2.94. The minimum absolute atomic E-state index is 0.324. The summed E-state index contributed by atoms with van der Waals surface area (Å²) < 4.78 is 9.55. The van der Waals surface area contributed by atoms with Crippen molar-refractivity contribution in [1.29, 1.82) is 0 Å². The first-order valence-corrected chi connectivity index (χ1v) is 5.06. The molecule has 1 saturated heterocycles. The number of nitrogens with zero attached hydrogens (tertiary/aromatic N) is 3. The summed E-state index contributed by atoms with van der Waals surface area (Å²) in [6, 6.07) is 2.72. The lowest BCUT2D eigenvalue weighted by Gasteiger charge is -2.01. The molecule has 1 amide bonds. The summed E-state index contributed by atoms with van der Waals surface area (Å²) in [4.78, 5) is 20.7. The van der Waals surface area contributed by atoms with E-state index < -0.39 is 11.0 Å². The van der Waals surface area contributed by atoms with Gasteiger partial charge in [-0.25, -0.2) is 4.79 Å². The van der Waals surface area contributed by atoms with Gasteiger partial charge in [-0.05, 0) is 18.2 Å². The number of hydrazone groups is 1. The maximum absolute atomic E-state index is 11.0. The Morgan fingerprint density at radius 1 is 1.50 bits per heavy atom. The number of hydrogen-bond acceptors (Lipinski definition) is 6. The second kappa shape index (κ2) is 5.13. The normalized spacial score (nSPS) is 15.8. The number of ether oxygens (including phenoxy) is 1. The smallest absolute Gasteiger partial charge is 0.433 e. The Bertz CT molecular complexity index is 519. The largest absolute Gasteiger partial charge is 0.446 e. The van der Waals surface area contributed by atoms with Gasteiger partial charge in [0.05, 0.1) is 12.6 Å². The van der Waals surface area contributed by atoms with Crippen molar-refractivity contribution in [3.8, 4) is 0 Å². The second-order valence-electron chi connectivity index (χ2n) is 3.29. The first-order valence-electron chi connectivity index (χ1n) is 5.06. The number of cyclic esters (lactones) is 1. The molecule has 0 unspecified atom stereocenters. The molecule has 1 aromatic heterocycles. The molecule has 0 aliphatic carbocycles. The zero-order valence-corrected chi connectivity index (χ0v) is 9.18. The first kappa shape index (κ1) is 11.8. The van der Waals surface area contributed by atoms with Gasteiger partial charge in [-0.1, -0.05) is 0 Å². The summed E-state index contributed by atoms with van der Waals surface area (Å²) in [5.74, 6) is 0.00635. The van der Waals surface area contributed by atoms with Crippen LogP contribution in [0.25, 0.3) is 6.08 Å². The van der Waals surface area contributed by atoms with Gasteiger partial charge in [0, 0.05) is 6.21 Å². The number of rotatable bonds is 4. The maximum Gasteiger partial charge on any atom is 0.433 e. The van der Waals surface area contributed by atoms with Crippen LogP contribution in [0.5, 0.6) is 0 Å². The molecule has 94 valence electrons. The van der Waals surface area contributed by atoms with Crippen LogP contribution in [-0.4, -0.2) is 35.4 Å².